The number of pyridine rings is 1. The topological polar surface area (TPSA) is 19.4 Å². The zero-order valence-corrected chi connectivity index (χ0v) is 14.2. The van der Waals surface area contributed by atoms with Crippen molar-refractivity contribution in [2.75, 3.05) is 11.9 Å². The third kappa shape index (κ3) is 2.61. The summed E-state index contributed by atoms with van der Waals surface area (Å²) >= 11 is 0. The second kappa shape index (κ2) is 5.73. The van der Waals surface area contributed by atoms with Crippen molar-refractivity contribution in [3.05, 3.63) is 58.4 Å². The summed E-state index contributed by atoms with van der Waals surface area (Å²) in [5.41, 5.74) is 7.64. The van der Waals surface area contributed by atoms with Crippen molar-refractivity contribution < 1.29 is 0 Å². The Hall–Kier alpha value is -1.87. The van der Waals surface area contributed by atoms with E-state index >= 15 is 0 Å². The van der Waals surface area contributed by atoms with Gasteiger partial charge in [-0.3, -0.25) is 9.88 Å². The summed E-state index contributed by atoms with van der Waals surface area (Å²) < 4.78 is 0. The molecule has 1 aliphatic heterocycles. The monoisotopic (exact) mass is 295 g/mol. The molecule has 22 heavy (non-hydrogen) atoms. The summed E-state index contributed by atoms with van der Waals surface area (Å²) in [7, 11) is 2.20. The van der Waals surface area contributed by atoms with Gasteiger partial charge >= 0.3 is 0 Å². The first-order chi connectivity index (χ1) is 10.5. The minimum atomic E-state index is 0.342. The van der Waals surface area contributed by atoms with E-state index < -0.39 is 0 Å². The highest BCUT2D eigenvalue weighted by Gasteiger charge is 2.26. The average Bonchev–Trinajstić information content (AvgIpc) is 2.57. The Kier molecular flexibility index (Phi) is 3.92. The summed E-state index contributed by atoms with van der Waals surface area (Å²) in [5, 5.41) is 0. The zero-order valence-electron chi connectivity index (χ0n) is 14.2. The smallest absolute Gasteiger partial charge is 0.0797 e. The van der Waals surface area contributed by atoms with Crippen LogP contribution in [0, 0.1) is 20.8 Å². The highest BCUT2D eigenvalue weighted by atomic mass is 15.3. The normalized spacial score (nSPS) is 19.0. The van der Waals surface area contributed by atoms with Gasteiger partial charge in [0, 0.05) is 18.8 Å². The quantitative estimate of drug-likeness (QED) is 0.797. The van der Waals surface area contributed by atoms with Crippen molar-refractivity contribution in [3.63, 3.8) is 0 Å². The third-order valence-electron chi connectivity index (χ3n) is 4.74. The third-order valence-corrected chi connectivity index (χ3v) is 4.74. The SMILES string of the molecule is Cc1cc(C)c(N2Cc3ccccc3CN(C)[C@@H]2C)c(C)n1. The van der Waals surface area contributed by atoms with Crippen LogP contribution in [0.5, 0.6) is 0 Å². The molecule has 0 saturated heterocycles. The Morgan fingerprint density at radius 3 is 2.32 bits per heavy atom. The Morgan fingerprint density at radius 2 is 1.68 bits per heavy atom. The van der Waals surface area contributed by atoms with Gasteiger partial charge in [-0.05, 0) is 57.5 Å². The largest absolute Gasteiger partial charge is 0.350 e. The lowest BCUT2D eigenvalue weighted by atomic mass is 10.1. The second-order valence-electron chi connectivity index (χ2n) is 6.46. The maximum Gasteiger partial charge on any atom is 0.0797 e. The van der Waals surface area contributed by atoms with E-state index in [0.29, 0.717) is 6.17 Å². The molecule has 3 heteroatoms. The van der Waals surface area contributed by atoms with Gasteiger partial charge in [0.05, 0.1) is 17.5 Å². The molecular weight excluding hydrogens is 270 g/mol. The summed E-state index contributed by atoms with van der Waals surface area (Å²) in [6, 6.07) is 11.0. The minimum absolute atomic E-state index is 0.342. The van der Waals surface area contributed by atoms with E-state index in [1.165, 1.54) is 22.4 Å². The van der Waals surface area contributed by atoms with Gasteiger partial charge in [0.1, 0.15) is 0 Å². The molecule has 2 heterocycles. The van der Waals surface area contributed by atoms with Gasteiger partial charge in [-0.1, -0.05) is 24.3 Å². The summed E-state index contributed by atoms with van der Waals surface area (Å²) in [4.78, 5) is 9.59. The number of nitrogens with zero attached hydrogens (tertiary/aromatic N) is 3. The molecule has 0 fully saturated rings. The van der Waals surface area contributed by atoms with Crippen LogP contribution in [0.25, 0.3) is 0 Å². The highest BCUT2D eigenvalue weighted by molar-refractivity contribution is 5.58. The van der Waals surface area contributed by atoms with Crippen LogP contribution in [0.1, 0.15) is 35.0 Å². The lowest BCUT2D eigenvalue weighted by molar-refractivity contribution is 0.248. The van der Waals surface area contributed by atoms with E-state index in [4.69, 9.17) is 4.98 Å². The molecule has 0 radical (unpaired) electrons. The number of aryl methyl sites for hydroxylation is 3. The molecule has 116 valence electrons. The van der Waals surface area contributed by atoms with Gasteiger partial charge in [-0.15, -0.1) is 0 Å². The van der Waals surface area contributed by atoms with E-state index in [9.17, 15) is 0 Å². The predicted octanol–water partition coefficient (Wildman–Crippen LogP) is 3.80. The fraction of sp³-hybridized carbons (Fsp3) is 0.421. The van der Waals surface area contributed by atoms with Crippen LogP contribution in [0.15, 0.2) is 30.3 Å². The lowest BCUT2D eigenvalue weighted by Gasteiger charge is -2.36. The van der Waals surface area contributed by atoms with Crippen LogP contribution in [0.3, 0.4) is 0 Å². The molecule has 0 amide bonds. The first kappa shape index (κ1) is 15.0. The molecule has 0 unspecified atom stereocenters. The van der Waals surface area contributed by atoms with Gasteiger partial charge in [0.15, 0.2) is 0 Å². The molecule has 2 aromatic rings. The molecular formula is C19H25N3. The summed E-state index contributed by atoms with van der Waals surface area (Å²) in [6.07, 6.45) is 0.342. The van der Waals surface area contributed by atoms with Gasteiger partial charge in [0.25, 0.3) is 0 Å². The number of fused-ring (bicyclic) bond motifs is 1. The number of anilines is 1. The predicted molar refractivity (Wildman–Crippen MR) is 92.0 cm³/mol. The van der Waals surface area contributed by atoms with Crippen LogP contribution < -0.4 is 4.90 Å². The minimum Gasteiger partial charge on any atom is -0.350 e. The molecule has 1 aromatic heterocycles. The van der Waals surface area contributed by atoms with Crippen molar-refractivity contribution in [3.8, 4) is 0 Å². The molecule has 1 aromatic carbocycles. The maximum absolute atomic E-state index is 4.70. The Morgan fingerprint density at radius 1 is 1.05 bits per heavy atom. The molecule has 3 nitrogen and oxygen atoms in total. The van der Waals surface area contributed by atoms with Crippen molar-refractivity contribution >= 4 is 5.69 Å². The van der Waals surface area contributed by atoms with Crippen molar-refractivity contribution in [1.82, 2.24) is 9.88 Å². The molecule has 1 atom stereocenters. The maximum atomic E-state index is 4.70. The van der Waals surface area contributed by atoms with E-state index in [-0.39, 0.29) is 0 Å². The van der Waals surface area contributed by atoms with Crippen LogP contribution in [0.4, 0.5) is 5.69 Å². The molecule has 1 aliphatic rings. The van der Waals surface area contributed by atoms with Gasteiger partial charge in [0.2, 0.25) is 0 Å². The summed E-state index contributed by atoms with van der Waals surface area (Å²) in [5.74, 6) is 0. The molecule has 0 aliphatic carbocycles. The molecule has 0 saturated carbocycles. The number of hydrogen-bond acceptors (Lipinski definition) is 3. The van der Waals surface area contributed by atoms with Crippen molar-refractivity contribution in [2.24, 2.45) is 0 Å². The van der Waals surface area contributed by atoms with E-state index in [1.807, 2.05) is 0 Å². The van der Waals surface area contributed by atoms with Crippen LogP contribution in [0.2, 0.25) is 0 Å². The molecule has 0 bridgehead atoms. The Labute approximate surface area is 133 Å². The number of benzene rings is 1. The van der Waals surface area contributed by atoms with Crippen LogP contribution in [-0.2, 0) is 13.1 Å². The first-order valence-electron chi connectivity index (χ1n) is 7.96. The highest BCUT2D eigenvalue weighted by Crippen LogP contribution is 2.31. The van der Waals surface area contributed by atoms with E-state index in [0.717, 1.165) is 24.5 Å². The molecule has 0 N–H and O–H groups in total. The van der Waals surface area contributed by atoms with Crippen LogP contribution >= 0.6 is 0 Å². The standard InChI is InChI=1S/C19H25N3/c1-13-10-14(2)20-15(3)19(13)22-12-18-9-7-6-8-17(18)11-21(5)16(22)4/h6-10,16H,11-12H2,1-5H3/t16-/m0/s1. The van der Waals surface area contributed by atoms with Crippen molar-refractivity contribution in [1.29, 1.82) is 0 Å². The van der Waals surface area contributed by atoms with Gasteiger partial charge < -0.3 is 4.90 Å². The zero-order chi connectivity index (χ0) is 15.9. The second-order valence-corrected chi connectivity index (χ2v) is 6.46. The van der Waals surface area contributed by atoms with Crippen LogP contribution in [-0.4, -0.2) is 23.1 Å². The fourth-order valence-corrected chi connectivity index (χ4v) is 3.54. The molecule has 0 spiro atoms. The first-order valence-corrected chi connectivity index (χ1v) is 7.96. The number of aromatic nitrogens is 1. The number of rotatable bonds is 1. The van der Waals surface area contributed by atoms with E-state index in [2.05, 4.69) is 74.9 Å². The average molecular weight is 295 g/mol. The van der Waals surface area contributed by atoms with Gasteiger partial charge in [-0.25, -0.2) is 0 Å². The fourth-order valence-electron chi connectivity index (χ4n) is 3.54. The lowest BCUT2D eigenvalue weighted by Crippen LogP contribution is -2.42. The van der Waals surface area contributed by atoms with E-state index in [1.54, 1.807) is 0 Å². The molecule has 3 rings (SSSR count). The Balaban J connectivity index is 2.10. The van der Waals surface area contributed by atoms with Gasteiger partial charge in [-0.2, -0.15) is 0 Å². The number of hydrogen-bond donors (Lipinski definition) is 0. The van der Waals surface area contributed by atoms with Crippen molar-refractivity contribution in [2.45, 2.75) is 47.0 Å². The summed E-state index contributed by atoms with van der Waals surface area (Å²) in [6.45, 7) is 10.6. The Bertz CT molecular complexity index is 670.